The molecule has 0 aliphatic carbocycles. The fraction of sp³-hybridized carbons (Fsp3) is 0.343. The summed E-state index contributed by atoms with van der Waals surface area (Å²) in [4.78, 5) is 85.2. The number of halogens is 7. The number of nitro groups is 5. The van der Waals surface area contributed by atoms with Crippen molar-refractivity contribution in [3.63, 3.8) is 0 Å². The predicted octanol–water partition coefficient (Wildman–Crippen LogP) is 18.4. The number of aromatic hydroxyl groups is 1. The van der Waals surface area contributed by atoms with Gasteiger partial charge < -0.3 is 42.6 Å². The van der Waals surface area contributed by atoms with E-state index in [1.165, 1.54) is 104 Å². The van der Waals surface area contributed by atoms with Gasteiger partial charge in [0.15, 0.2) is 0 Å². The zero-order valence-electron chi connectivity index (χ0n) is 83.7. The molecular formula is C102H119F6IN14O22S4. The van der Waals surface area contributed by atoms with Crippen LogP contribution in [0.15, 0.2) is 200 Å². The zero-order valence-corrected chi connectivity index (χ0v) is 89.1. The number of nitrogens with zero attached hydrogens (tertiary/aromatic N) is 10. The van der Waals surface area contributed by atoms with Gasteiger partial charge >= 0.3 is 18.3 Å². The van der Waals surface area contributed by atoms with Crippen molar-refractivity contribution in [2.75, 3.05) is 95.5 Å². The number of benzene rings is 9. The lowest BCUT2D eigenvalue weighted by molar-refractivity contribution is -0.385. The number of phenolic OH excluding ortho intramolecular Hbond substituents is 1. The van der Waals surface area contributed by atoms with E-state index >= 15 is 0 Å². The number of ether oxygens (including phenoxy) is 1. The summed E-state index contributed by atoms with van der Waals surface area (Å²) in [6, 6.07) is 53.9. The van der Waals surface area contributed by atoms with E-state index in [0.717, 1.165) is 122 Å². The molecule has 4 heterocycles. The molecule has 9 N–H and O–H groups in total. The molecule has 0 saturated carbocycles. The Bertz CT molecular complexity index is 7000. The summed E-state index contributed by atoms with van der Waals surface area (Å²) in [6.45, 7) is 16.1. The van der Waals surface area contributed by atoms with E-state index in [0.29, 0.717) is 107 Å². The summed E-state index contributed by atoms with van der Waals surface area (Å²) in [6.07, 6.45) is 2.08. The van der Waals surface area contributed by atoms with Crippen LogP contribution in [0, 0.1) is 114 Å². The Labute approximate surface area is 874 Å². The van der Waals surface area contributed by atoms with Crippen LogP contribution in [0.4, 0.5) is 77.8 Å². The SMILES string of the molecule is CS(=O)(=O)CCc1ccc(CC(=O)Oc2ccccc2)cc1O.Cc1cc(CC(=O)CCc2ccc(C(F)(F)F)nc2N2CCCC2)ccc1CCS(C)(=O)=O.Cc1cc(N)ccc1CCS(C)(=O)=O.Cc1cc([N+](=O)[O-])ccc1C#N.Cc1cc([N+](=O)[O-])ccc1CCS(C)(=O)=O.Cc1cc([N+](=O)[O-])ccc1CN.Cc1cc([N+](=O)[O-])ccc1I.Cc1cc([N+](=O)[O-])ccc1N.NCc1ccc(C(F)(F)F)nc1N1CCCC1. The van der Waals surface area contributed by atoms with E-state index in [-0.39, 0.29) is 100 Å². The molecule has 36 nitrogen and oxygen atoms in total. The van der Waals surface area contributed by atoms with Crippen LogP contribution in [0.3, 0.4) is 0 Å². The van der Waals surface area contributed by atoms with Crippen LogP contribution < -0.4 is 37.5 Å². The first-order valence-corrected chi connectivity index (χ1v) is 55.1. The molecule has 9 aromatic carbocycles. The standard InChI is InChI=1S/C24H29F3N2O3S.C17H18O5S.C11H14F3N3.C10H13NO4S.C10H15NO2S.C8H10N2O2.C8H6N2O2.C7H6INO2.C7H8N2O2/c1-17-15-18(5-6-19(17)11-14-33(2,31)32)16-21(30)9-7-20-8-10-22(24(25,26)27)28-23(20)29-12-3-4-13-29;1-23(20,21)10-9-14-8-7-13(11-16(14)18)12-17(19)22-15-5-3-2-4-6-15;12-11(13,14)9-4-3-8(7-15)10(16-9)17-5-1-2-6-17;1-8-7-10(11(12)13)4-3-9(8)5-6-16(2,14)15;1-8-7-10(11)4-3-9(8)5-6-14(2,12)13;2*1-6-4-8(10(11)12)3-2-7(6)5-9;2*1-5-4-6(9(10)11)2-3-7(5)8/h5-6,8,10,15H,3-4,7,9,11-14,16H2,1-2H3;2-8,11,18H,9-10,12H2,1H3;3-4H,1-2,5-7,15H2;3-4,7H,5-6H2,1-2H3;3-4,7H,5-6,11H2,1-2H3;2-4H,5,9H2,1H3;2-4H,1H3;2-4H,1H3;2-4H,8H2,1H3. The highest BCUT2D eigenvalue weighted by Gasteiger charge is 2.36. The summed E-state index contributed by atoms with van der Waals surface area (Å²) in [7, 11) is -12.0. The number of sulfone groups is 4. The maximum atomic E-state index is 13.1. The van der Waals surface area contributed by atoms with Crippen LogP contribution in [0.1, 0.15) is 138 Å². The summed E-state index contributed by atoms with van der Waals surface area (Å²) >= 11 is 2.14. The van der Waals surface area contributed by atoms with Crippen LogP contribution in [0.5, 0.6) is 11.5 Å². The first kappa shape index (κ1) is 125. The van der Waals surface area contributed by atoms with Crippen LogP contribution in [0.2, 0.25) is 0 Å². The molecule has 0 radical (unpaired) electrons. The Morgan fingerprint density at radius 1 is 0.423 bits per heavy atom. The van der Waals surface area contributed by atoms with E-state index < -0.39 is 88.8 Å². The molecule has 0 amide bonds. The van der Waals surface area contributed by atoms with Crippen molar-refractivity contribution < 1.29 is 104 Å². The van der Waals surface area contributed by atoms with Crippen molar-refractivity contribution in [1.29, 1.82) is 5.26 Å². The van der Waals surface area contributed by atoms with Gasteiger partial charge in [-0.3, -0.25) is 60.2 Å². The molecule has 2 fully saturated rings. The van der Waals surface area contributed by atoms with Crippen molar-refractivity contribution in [2.24, 2.45) is 11.5 Å². The number of para-hydroxylation sites is 1. The largest absolute Gasteiger partial charge is 0.508 e. The predicted molar refractivity (Wildman–Crippen MR) is 570 cm³/mol. The zero-order chi connectivity index (χ0) is 112. The Kier molecular flexibility index (Phi) is 49.3. The molecule has 2 aromatic heterocycles. The van der Waals surface area contributed by atoms with E-state index in [9.17, 15) is 125 Å². The number of rotatable bonds is 29. The molecule has 2 aliphatic heterocycles. The number of carbonyl (C=O) groups excluding carboxylic acids is 2. The fourth-order valence-electron chi connectivity index (χ4n) is 14.2. The Morgan fingerprint density at radius 2 is 0.772 bits per heavy atom. The molecule has 2 aliphatic rings. The third kappa shape index (κ3) is 46.1. The van der Waals surface area contributed by atoms with E-state index in [1.807, 2.05) is 80.0 Å². The van der Waals surface area contributed by atoms with Gasteiger partial charge in [-0.25, -0.2) is 43.6 Å². The fourth-order valence-corrected chi connectivity index (χ4v) is 16.9. The number of non-ortho nitro benzene ring substituents is 5. The highest BCUT2D eigenvalue weighted by atomic mass is 127. The number of Topliss-reactive ketones (excluding diaryl/α,β-unsaturated/α-hetero) is 1. The quantitative estimate of drug-likeness (QED) is 0.00553. The van der Waals surface area contributed by atoms with Gasteiger partial charge in [0, 0.05) is 158 Å². The normalized spacial score (nSPS) is 12.1. The van der Waals surface area contributed by atoms with Crippen molar-refractivity contribution in [2.45, 2.75) is 151 Å². The van der Waals surface area contributed by atoms with Crippen molar-refractivity contribution in [3.05, 3.63) is 360 Å². The van der Waals surface area contributed by atoms with Crippen LogP contribution in [-0.2, 0) is 119 Å². The molecule has 0 spiro atoms. The van der Waals surface area contributed by atoms with E-state index in [4.69, 9.17) is 32.9 Å². The molecule has 13 rings (SSSR count). The number of nitrogens with two attached hydrogens (primary N) is 4. The first-order valence-electron chi connectivity index (χ1n) is 45.8. The highest BCUT2D eigenvalue weighted by molar-refractivity contribution is 14.1. The monoisotopic (exact) mass is 2260 g/mol. The van der Waals surface area contributed by atoms with Crippen LogP contribution in [-0.4, -0.2) is 159 Å². The molecule has 802 valence electrons. The number of hydrogen-bond acceptors (Lipinski definition) is 31. The van der Waals surface area contributed by atoms with E-state index in [2.05, 4.69) is 32.6 Å². The number of phenols is 1. The van der Waals surface area contributed by atoms with Crippen molar-refractivity contribution >= 4 is 125 Å². The number of nitriles is 1. The third-order valence-corrected chi connectivity index (χ3v) is 27.5. The molecule has 47 heteroatoms. The van der Waals surface area contributed by atoms with Gasteiger partial charge in [0.25, 0.3) is 28.4 Å². The molecular weight excluding hydrogens is 2140 g/mol. The molecule has 0 atom stereocenters. The second kappa shape index (κ2) is 58.6. The number of alkyl halides is 6. The van der Waals surface area contributed by atoms with Gasteiger partial charge in [0.05, 0.1) is 65.7 Å². The second-order valence-electron chi connectivity index (χ2n) is 34.9. The number of pyridine rings is 2. The maximum absolute atomic E-state index is 13.1. The Hall–Kier alpha value is -14.1. The average Bonchev–Trinajstić information content (AvgIpc) is 1.80. The molecule has 149 heavy (non-hydrogen) atoms. The minimum atomic E-state index is -4.51. The number of nitrogen functional groups attached to an aromatic ring is 2. The Morgan fingerprint density at radius 3 is 1.15 bits per heavy atom. The third-order valence-electron chi connectivity index (χ3n) is 22.5. The van der Waals surface area contributed by atoms with Gasteiger partial charge in [-0.2, -0.15) is 31.6 Å². The highest BCUT2D eigenvalue weighted by Crippen LogP contribution is 2.35. The minimum Gasteiger partial charge on any atom is -0.508 e. The van der Waals surface area contributed by atoms with Gasteiger partial charge in [-0.05, 0) is 273 Å². The topological polar surface area (TPSA) is 576 Å². The van der Waals surface area contributed by atoms with Gasteiger partial charge in [-0.15, -0.1) is 0 Å². The Balaban J connectivity index is 0.000000303. The van der Waals surface area contributed by atoms with E-state index in [1.54, 1.807) is 87.5 Å². The molecule has 0 unspecified atom stereocenters. The summed E-state index contributed by atoms with van der Waals surface area (Å²) < 4.78 is 172. The summed E-state index contributed by atoms with van der Waals surface area (Å²) in [5.41, 5.74) is 35.4. The lowest BCUT2D eigenvalue weighted by Gasteiger charge is -2.21. The van der Waals surface area contributed by atoms with Gasteiger partial charge in [0.2, 0.25) is 0 Å². The van der Waals surface area contributed by atoms with Gasteiger partial charge in [-0.1, -0.05) is 78.9 Å². The number of hydrogen-bond donors (Lipinski definition) is 5. The lowest BCUT2D eigenvalue weighted by Crippen LogP contribution is -2.23. The average molecular weight is 2260 g/mol. The number of aromatic nitrogens is 2. The number of aryl methyl sites for hydroxylation is 12. The van der Waals surface area contributed by atoms with Crippen LogP contribution in [0.25, 0.3) is 0 Å². The summed E-state index contributed by atoms with van der Waals surface area (Å²) in [5.74, 6) is 1.03. The second-order valence-corrected chi connectivity index (χ2v) is 45.1. The number of anilines is 4. The molecule has 0 bridgehead atoms. The van der Waals surface area contributed by atoms with Gasteiger partial charge in [0.1, 0.15) is 79.7 Å². The number of esters is 1. The molecule has 11 aromatic rings. The summed E-state index contributed by atoms with van der Waals surface area (Å²) in [5, 5.41) is 70.1. The van der Waals surface area contributed by atoms with Crippen molar-refractivity contribution in [3.8, 4) is 17.6 Å². The van der Waals surface area contributed by atoms with Crippen molar-refractivity contribution in [1.82, 2.24) is 9.97 Å². The first-order chi connectivity index (χ1) is 69.5. The minimum absolute atomic E-state index is 0.00874. The molecule has 2 saturated heterocycles. The number of carbonyl (C=O) groups is 2. The maximum Gasteiger partial charge on any atom is 0.433 e. The smallest absolute Gasteiger partial charge is 0.433 e. The van der Waals surface area contributed by atoms with Crippen LogP contribution >= 0.6 is 22.6 Å². The number of ketones is 1. The lowest BCUT2D eigenvalue weighted by atomic mass is 9.98. The number of nitro benzene ring substituents is 5.